The summed E-state index contributed by atoms with van der Waals surface area (Å²) >= 11 is 0. The highest BCUT2D eigenvalue weighted by Crippen LogP contribution is 2.33. The summed E-state index contributed by atoms with van der Waals surface area (Å²) in [6.45, 7) is 0.741. The molecule has 0 saturated heterocycles. The van der Waals surface area contributed by atoms with Crippen LogP contribution in [0.5, 0.6) is 11.5 Å². The van der Waals surface area contributed by atoms with Gasteiger partial charge >= 0.3 is 0 Å². The van der Waals surface area contributed by atoms with Crippen LogP contribution in [0.3, 0.4) is 0 Å². The highest BCUT2D eigenvalue weighted by Gasteiger charge is 2.28. The van der Waals surface area contributed by atoms with Crippen LogP contribution in [0.15, 0.2) is 18.2 Å². The van der Waals surface area contributed by atoms with E-state index in [1.54, 1.807) is 18.2 Å². The Morgan fingerprint density at radius 3 is 2.84 bits per heavy atom. The summed E-state index contributed by atoms with van der Waals surface area (Å²) in [5.41, 5.74) is 6.51. The molecule has 0 aromatic heterocycles. The molecule has 1 atom stereocenters. The van der Waals surface area contributed by atoms with E-state index in [2.05, 4.69) is 5.32 Å². The van der Waals surface area contributed by atoms with E-state index < -0.39 is 0 Å². The topological polar surface area (TPSA) is 73.6 Å². The Balaban J connectivity index is 0.00000133. The molecule has 1 unspecified atom stereocenters. The number of rotatable bonds is 4. The monoisotopic (exact) mass is 284 g/mol. The molecule has 2 aliphatic rings. The van der Waals surface area contributed by atoms with Crippen molar-refractivity contribution in [3.63, 3.8) is 0 Å². The van der Waals surface area contributed by atoms with Gasteiger partial charge in [0.25, 0.3) is 5.91 Å². The van der Waals surface area contributed by atoms with Gasteiger partial charge in [-0.3, -0.25) is 4.79 Å². The largest absolute Gasteiger partial charge is 0.454 e. The summed E-state index contributed by atoms with van der Waals surface area (Å²) in [6, 6.07) is 5.24. The fraction of sp³-hybridized carbons (Fsp3) is 0.462. The van der Waals surface area contributed by atoms with Crippen LogP contribution in [0.4, 0.5) is 0 Å². The molecule has 1 saturated carbocycles. The van der Waals surface area contributed by atoms with Gasteiger partial charge in [-0.05, 0) is 37.0 Å². The van der Waals surface area contributed by atoms with Gasteiger partial charge in [-0.2, -0.15) is 0 Å². The van der Waals surface area contributed by atoms with Crippen molar-refractivity contribution in [1.29, 1.82) is 0 Å². The van der Waals surface area contributed by atoms with Crippen molar-refractivity contribution in [2.24, 2.45) is 11.7 Å². The molecule has 104 valence electrons. The highest BCUT2D eigenvalue weighted by molar-refractivity contribution is 5.94. The number of carbonyl (C=O) groups is 1. The third-order valence-corrected chi connectivity index (χ3v) is 3.36. The Morgan fingerprint density at radius 1 is 1.37 bits per heavy atom. The predicted molar refractivity (Wildman–Crippen MR) is 72.8 cm³/mol. The number of ether oxygens (including phenoxy) is 2. The van der Waals surface area contributed by atoms with Crippen LogP contribution in [0.1, 0.15) is 23.2 Å². The molecule has 19 heavy (non-hydrogen) atoms. The molecule has 1 fully saturated rings. The standard InChI is InChI=1S/C13H16N2O3.ClH/c14-10(8-1-2-8)6-15-13(16)9-3-4-11-12(5-9)18-7-17-11;/h3-5,8,10H,1-2,6-7,14H2,(H,15,16);1H. The van der Waals surface area contributed by atoms with Gasteiger partial charge in [0, 0.05) is 18.2 Å². The smallest absolute Gasteiger partial charge is 0.251 e. The molecular weight excluding hydrogens is 268 g/mol. The SMILES string of the molecule is Cl.NC(CNC(=O)c1ccc2c(c1)OCO2)C1CC1. The number of hydrogen-bond donors (Lipinski definition) is 2. The summed E-state index contributed by atoms with van der Waals surface area (Å²) in [7, 11) is 0. The number of nitrogens with two attached hydrogens (primary N) is 1. The van der Waals surface area contributed by atoms with Crippen LogP contribution >= 0.6 is 12.4 Å². The van der Waals surface area contributed by atoms with Crippen LogP contribution in [0, 0.1) is 5.92 Å². The third kappa shape index (κ3) is 3.11. The van der Waals surface area contributed by atoms with Crippen molar-refractivity contribution >= 4 is 18.3 Å². The zero-order valence-electron chi connectivity index (χ0n) is 10.4. The van der Waals surface area contributed by atoms with Gasteiger partial charge in [-0.15, -0.1) is 12.4 Å². The van der Waals surface area contributed by atoms with E-state index in [9.17, 15) is 4.79 Å². The number of halogens is 1. The van der Waals surface area contributed by atoms with Gasteiger partial charge in [-0.1, -0.05) is 0 Å². The van der Waals surface area contributed by atoms with Crippen molar-refractivity contribution in [1.82, 2.24) is 5.32 Å². The van der Waals surface area contributed by atoms with Crippen molar-refractivity contribution in [2.45, 2.75) is 18.9 Å². The number of benzene rings is 1. The maximum Gasteiger partial charge on any atom is 0.251 e. The lowest BCUT2D eigenvalue weighted by molar-refractivity contribution is 0.0950. The highest BCUT2D eigenvalue weighted by atomic mass is 35.5. The number of hydrogen-bond acceptors (Lipinski definition) is 4. The van der Waals surface area contributed by atoms with Gasteiger partial charge in [0.05, 0.1) is 0 Å². The Hall–Kier alpha value is -1.46. The molecule has 6 heteroatoms. The minimum atomic E-state index is -0.121. The summed E-state index contributed by atoms with van der Waals surface area (Å²) < 4.78 is 10.4. The van der Waals surface area contributed by atoms with Gasteiger partial charge < -0.3 is 20.5 Å². The minimum absolute atomic E-state index is 0. The van der Waals surface area contributed by atoms with E-state index in [0.29, 0.717) is 29.5 Å². The quantitative estimate of drug-likeness (QED) is 0.874. The van der Waals surface area contributed by atoms with Crippen molar-refractivity contribution in [3.05, 3.63) is 23.8 Å². The number of nitrogens with one attached hydrogen (secondary N) is 1. The Labute approximate surface area is 117 Å². The fourth-order valence-electron chi connectivity index (χ4n) is 2.04. The molecule has 3 rings (SSSR count). The second-order valence-corrected chi connectivity index (χ2v) is 4.78. The Morgan fingerprint density at radius 2 is 2.11 bits per heavy atom. The van der Waals surface area contributed by atoms with Crippen LogP contribution in [-0.2, 0) is 0 Å². The van der Waals surface area contributed by atoms with E-state index in [-0.39, 0.29) is 31.1 Å². The normalized spacial score (nSPS) is 17.5. The Kier molecular flexibility index (Phi) is 4.17. The lowest BCUT2D eigenvalue weighted by Crippen LogP contribution is -2.38. The van der Waals surface area contributed by atoms with Crippen molar-refractivity contribution < 1.29 is 14.3 Å². The first-order chi connectivity index (χ1) is 8.74. The van der Waals surface area contributed by atoms with E-state index in [0.717, 1.165) is 0 Å². The first kappa shape index (κ1) is 14.0. The maximum absolute atomic E-state index is 11.9. The summed E-state index contributed by atoms with van der Waals surface area (Å²) in [6.07, 6.45) is 2.36. The zero-order chi connectivity index (χ0) is 12.5. The molecule has 0 radical (unpaired) electrons. The molecule has 0 spiro atoms. The molecule has 1 aliphatic carbocycles. The zero-order valence-corrected chi connectivity index (χ0v) is 11.2. The number of fused-ring (bicyclic) bond motifs is 1. The fourth-order valence-corrected chi connectivity index (χ4v) is 2.04. The van der Waals surface area contributed by atoms with Gasteiger partial charge in [-0.25, -0.2) is 0 Å². The molecule has 1 heterocycles. The van der Waals surface area contributed by atoms with Gasteiger partial charge in [0.2, 0.25) is 6.79 Å². The average Bonchev–Trinajstić information content (AvgIpc) is 3.13. The molecule has 1 amide bonds. The van der Waals surface area contributed by atoms with Gasteiger partial charge in [0.1, 0.15) is 0 Å². The predicted octanol–water partition coefficient (Wildman–Crippen LogP) is 1.30. The summed E-state index contributed by atoms with van der Waals surface area (Å²) in [5, 5.41) is 2.85. The van der Waals surface area contributed by atoms with Crippen molar-refractivity contribution in [2.75, 3.05) is 13.3 Å². The number of carbonyl (C=O) groups excluding carboxylic acids is 1. The average molecular weight is 285 g/mol. The van der Waals surface area contributed by atoms with Crippen LogP contribution in [0.25, 0.3) is 0 Å². The van der Waals surface area contributed by atoms with E-state index >= 15 is 0 Å². The maximum atomic E-state index is 11.9. The lowest BCUT2D eigenvalue weighted by Gasteiger charge is -2.11. The number of amides is 1. The summed E-state index contributed by atoms with van der Waals surface area (Å²) in [5.74, 6) is 1.77. The molecule has 1 aromatic rings. The minimum Gasteiger partial charge on any atom is -0.454 e. The van der Waals surface area contributed by atoms with Crippen LogP contribution < -0.4 is 20.5 Å². The van der Waals surface area contributed by atoms with E-state index in [1.807, 2.05) is 0 Å². The van der Waals surface area contributed by atoms with Crippen LogP contribution in [0.2, 0.25) is 0 Å². The second-order valence-electron chi connectivity index (χ2n) is 4.78. The molecule has 0 bridgehead atoms. The molecular formula is C13H17ClN2O3. The Bertz CT molecular complexity index is 477. The summed E-state index contributed by atoms with van der Waals surface area (Å²) in [4.78, 5) is 11.9. The third-order valence-electron chi connectivity index (χ3n) is 3.36. The first-order valence-corrected chi connectivity index (χ1v) is 6.17. The van der Waals surface area contributed by atoms with Gasteiger partial charge in [0.15, 0.2) is 11.5 Å². The van der Waals surface area contributed by atoms with Crippen molar-refractivity contribution in [3.8, 4) is 11.5 Å². The molecule has 1 aliphatic heterocycles. The van der Waals surface area contributed by atoms with E-state index in [4.69, 9.17) is 15.2 Å². The lowest BCUT2D eigenvalue weighted by atomic mass is 10.1. The second kappa shape index (κ2) is 5.67. The molecule has 1 aromatic carbocycles. The molecule has 5 nitrogen and oxygen atoms in total. The molecule has 3 N–H and O–H groups in total. The van der Waals surface area contributed by atoms with E-state index in [1.165, 1.54) is 12.8 Å². The first-order valence-electron chi connectivity index (χ1n) is 6.17. The van der Waals surface area contributed by atoms with Crippen LogP contribution in [-0.4, -0.2) is 25.3 Å².